The molecule has 4 heteroatoms. The van der Waals surface area contributed by atoms with Gasteiger partial charge in [0.15, 0.2) is 0 Å². The van der Waals surface area contributed by atoms with E-state index in [0.29, 0.717) is 0 Å². The summed E-state index contributed by atoms with van der Waals surface area (Å²) >= 11 is 1.74. The van der Waals surface area contributed by atoms with E-state index in [4.69, 9.17) is 0 Å². The van der Waals surface area contributed by atoms with Gasteiger partial charge in [-0.2, -0.15) is 0 Å². The van der Waals surface area contributed by atoms with E-state index in [9.17, 15) is 5.11 Å². The Labute approximate surface area is 130 Å². The van der Waals surface area contributed by atoms with Crippen LogP contribution in [0.3, 0.4) is 0 Å². The van der Waals surface area contributed by atoms with Gasteiger partial charge in [-0.3, -0.25) is 4.90 Å². The summed E-state index contributed by atoms with van der Waals surface area (Å²) in [4.78, 5) is 7.98. The molecule has 0 saturated heterocycles. The lowest BCUT2D eigenvalue weighted by Crippen LogP contribution is -2.38. The van der Waals surface area contributed by atoms with Crippen molar-refractivity contribution in [1.82, 2.24) is 9.88 Å². The van der Waals surface area contributed by atoms with E-state index in [-0.39, 0.29) is 0 Å². The summed E-state index contributed by atoms with van der Waals surface area (Å²) in [5.74, 6) is 0. The third-order valence-electron chi connectivity index (χ3n) is 4.10. The molecular weight excluding hydrogens is 280 g/mol. The van der Waals surface area contributed by atoms with E-state index in [1.165, 1.54) is 10.4 Å². The molecule has 1 aromatic carbocycles. The molecule has 0 bridgehead atoms. The molecule has 0 amide bonds. The maximum Gasteiger partial charge on any atom is 0.123 e. The van der Waals surface area contributed by atoms with E-state index in [0.717, 1.165) is 43.8 Å². The van der Waals surface area contributed by atoms with E-state index in [2.05, 4.69) is 29.1 Å². The fourth-order valence-corrected chi connectivity index (χ4v) is 4.11. The number of hydrogen-bond donors (Lipinski definition) is 1. The first-order valence-electron chi connectivity index (χ1n) is 7.56. The minimum absolute atomic E-state index is 0.471. The normalized spacial score (nSPS) is 17.5. The van der Waals surface area contributed by atoms with Crippen molar-refractivity contribution in [3.05, 3.63) is 41.4 Å². The van der Waals surface area contributed by atoms with Gasteiger partial charge in [-0.25, -0.2) is 4.98 Å². The Morgan fingerprint density at radius 1 is 1.24 bits per heavy atom. The molecule has 0 aliphatic heterocycles. The molecule has 0 radical (unpaired) electrons. The van der Waals surface area contributed by atoms with Crippen LogP contribution in [0.4, 0.5) is 0 Å². The first-order chi connectivity index (χ1) is 10.1. The van der Waals surface area contributed by atoms with Gasteiger partial charge in [-0.1, -0.05) is 43.2 Å². The van der Waals surface area contributed by atoms with Crippen molar-refractivity contribution in [2.75, 3.05) is 13.6 Å². The van der Waals surface area contributed by atoms with Gasteiger partial charge in [0.25, 0.3) is 0 Å². The van der Waals surface area contributed by atoms with Gasteiger partial charge >= 0.3 is 0 Å². The number of aromatic nitrogens is 1. The maximum absolute atomic E-state index is 10.5. The highest BCUT2D eigenvalue weighted by Gasteiger charge is 2.32. The van der Waals surface area contributed by atoms with Crippen LogP contribution < -0.4 is 0 Å². The Morgan fingerprint density at radius 2 is 1.95 bits per heavy atom. The molecule has 3 nitrogen and oxygen atoms in total. The number of thiazole rings is 1. The molecule has 112 valence electrons. The summed E-state index contributed by atoms with van der Waals surface area (Å²) in [5.41, 5.74) is 0.702. The van der Waals surface area contributed by atoms with Crippen LogP contribution in [0.5, 0.6) is 0 Å². The second kappa shape index (κ2) is 6.26. The minimum Gasteiger partial charge on any atom is -0.389 e. The summed E-state index contributed by atoms with van der Waals surface area (Å²) in [5, 5.41) is 11.5. The highest BCUT2D eigenvalue weighted by Crippen LogP contribution is 2.31. The van der Waals surface area contributed by atoms with Gasteiger partial charge in [0, 0.05) is 29.7 Å². The molecule has 0 atom stereocenters. The molecule has 3 rings (SSSR count). The fourth-order valence-electron chi connectivity index (χ4n) is 3.11. The van der Waals surface area contributed by atoms with Gasteiger partial charge < -0.3 is 5.11 Å². The molecule has 1 fully saturated rings. The minimum atomic E-state index is -0.471. The largest absolute Gasteiger partial charge is 0.389 e. The average Bonchev–Trinajstić information content (AvgIpc) is 3.09. The molecule has 1 saturated carbocycles. The van der Waals surface area contributed by atoms with Gasteiger partial charge in [-0.05, 0) is 19.9 Å². The third kappa shape index (κ3) is 3.70. The Hall–Kier alpha value is -1.23. The summed E-state index contributed by atoms with van der Waals surface area (Å²) in [6.07, 6.45) is 6.15. The van der Waals surface area contributed by atoms with Crippen molar-refractivity contribution in [2.24, 2.45) is 0 Å². The Morgan fingerprint density at radius 3 is 2.67 bits per heavy atom. The number of benzene rings is 1. The molecule has 1 N–H and O–H groups in total. The molecule has 1 aliphatic rings. The lowest BCUT2D eigenvalue weighted by Gasteiger charge is -2.28. The molecule has 1 aromatic heterocycles. The molecule has 2 aromatic rings. The maximum atomic E-state index is 10.5. The number of aliphatic hydroxyl groups is 1. The van der Waals surface area contributed by atoms with E-state index in [1.807, 2.05) is 24.4 Å². The van der Waals surface area contributed by atoms with Crippen LogP contribution in [0.2, 0.25) is 0 Å². The molecule has 1 heterocycles. The van der Waals surface area contributed by atoms with E-state index < -0.39 is 5.60 Å². The van der Waals surface area contributed by atoms with Crippen LogP contribution in [0.25, 0.3) is 10.6 Å². The van der Waals surface area contributed by atoms with E-state index >= 15 is 0 Å². The number of rotatable bonds is 5. The molecule has 0 spiro atoms. The zero-order chi connectivity index (χ0) is 14.7. The van der Waals surface area contributed by atoms with Crippen molar-refractivity contribution in [1.29, 1.82) is 0 Å². The molecule has 21 heavy (non-hydrogen) atoms. The SMILES string of the molecule is CN(Cc1cnc(-c2ccccc2)s1)CC1(O)CCCC1. The van der Waals surface area contributed by atoms with Gasteiger partial charge in [0.2, 0.25) is 0 Å². The second-order valence-electron chi connectivity index (χ2n) is 6.10. The topological polar surface area (TPSA) is 36.4 Å². The van der Waals surface area contributed by atoms with Crippen LogP contribution in [0, 0.1) is 0 Å². The fraction of sp³-hybridized carbons (Fsp3) is 0.471. The molecular formula is C17H22N2OS. The van der Waals surface area contributed by atoms with Crippen LogP contribution in [-0.2, 0) is 6.54 Å². The van der Waals surface area contributed by atoms with Crippen molar-refractivity contribution < 1.29 is 5.11 Å². The van der Waals surface area contributed by atoms with Gasteiger partial charge in [0.05, 0.1) is 5.60 Å². The smallest absolute Gasteiger partial charge is 0.123 e. The van der Waals surface area contributed by atoms with Crippen molar-refractivity contribution in [3.8, 4) is 10.6 Å². The Bertz CT molecular complexity index is 575. The highest BCUT2D eigenvalue weighted by atomic mass is 32.1. The summed E-state index contributed by atoms with van der Waals surface area (Å²) < 4.78 is 0. The lowest BCUT2D eigenvalue weighted by molar-refractivity contribution is 0.0147. The zero-order valence-corrected chi connectivity index (χ0v) is 13.3. The number of hydrogen-bond acceptors (Lipinski definition) is 4. The lowest BCUT2D eigenvalue weighted by atomic mass is 10.0. The third-order valence-corrected chi connectivity index (χ3v) is 5.13. The van der Waals surface area contributed by atoms with Crippen LogP contribution >= 0.6 is 11.3 Å². The van der Waals surface area contributed by atoms with Crippen LogP contribution in [0.1, 0.15) is 30.6 Å². The van der Waals surface area contributed by atoms with Crippen LogP contribution in [-0.4, -0.2) is 34.2 Å². The monoisotopic (exact) mass is 302 g/mol. The standard InChI is InChI=1S/C17H22N2OS/c1-19(13-17(20)9-5-6-10-17)12-15-11-18-16(21-15)14-7-3-2-4-8-14/h2-4,7-8,11,20H,5-6,9-10,12-13H2,1H3. The zero-order valence-electron chi connectivity index (χ0n) is 12.5. The quantitative estimate of drug-likeness (QED) is 0.917. The second-order valence-corrected chi connectivity index (χ2v) is 7.22. The molecule has 0 unspecified atom stereocenters. The summed E-state index contributed by atoms with van der Waals surface area (Å²) in [6.45, 7) is 1.61. The van der Waals surface area contributed by atoms with Crippen molar-refractivity contribution in [2.45, 2.75) is 37.8 Å². The Balaban J connectivity index is 1.62. The first-order valence-corrected chi connectivity index (χ1v) is 8.37. The van der Waals surface area contributed by atoms with Crippen molar-refractivity contribution >= 4 is 11.3 Å². The van der Waals surface area contributed by atoms with Crippen molar-refractivity contribution in [3.63, 3.8) is 0 Å². The number of likely N-dealkylation sites (N-methyl/N-ethyl adjacent to an activating group) is 1. The van der Waals surface area contributed by atoms with Gasteiger partial charge in [0.1, 0.15) is 5.01 Å². The number of nitrogens with zero attached hydrogens (tertiary/aromatic N) is 2. The summed E-state index contributed by atoms with van der Waals surface area (Å²) in [7, 11) is 2.08. The van der Waals surface area contributed by atoms with E-state index in [1.54, 1.807) is 11.3 Å². The predicted octanol–water partition coefficient (Wildman–Crippen LogP) is 3.55. The highest BCUT2D eigenvalue weighted by molar-refractivity contribution is 7.15. The van der Waals surface area contributed by atoms with Gasteiger partial charge in [-0.15, -0.1) is 11.3 Å². The van der Waals surface area contributed by atoms with Crippen LogP contribution in [0.15, 0.2) is 36.5 Å². The average molecular weight is 302 g/mol. The predicted molar refractivity (Wildman–Crippen MR) is 87.3 cm³/mol. The summed E-state index contributed by atoms with van der Waals surface area (Å²) in [6, 6.07) is 10.3. The first kappa shape index (κ1) is 14.7. The molecule has 1 aliphatic carbocycles. The Kier molecular flexibility index (Phi) is 4.38.